The highest BCUT2D eigenvalue weighted by molar-refractivity contribution is 6.15. The minimum absolute atomic E-state index is 0.621. The Morgan fingerprint density at radius 2 is 1.73 bits per heavy atom. The first-order valence-corrected chi connectivity index (χ1v) is 5.84. The number of rotatable bonds is 5. The molecule has 0 fully saturated rings. The fourth-order valence-electron chi connectivity index (χ4n) is 1.41. The Morgan fingerprint density at radius 1 is 1.27 bits per heavy atom. The van der Waals surface area contributed by atoms with E-state index in [-0.39, 0.29) is 0 Å². The van der Waals surface area contributed by atoms with E-state index >= 15 is 0 Å². The Labute approximate surface area is 74.4 Å². The Bertz CT molecular complexity index is 99.7. The highest BCUT2D eigenvalue weighted by atomic mass is 28.1. The van der Waals surface area contributed by atoms with Crippen LogP contribution in [0.3, 0.4) is 0 Å². The molecule has 68 valence electrons. The Kier molecular flexibility index (Phi) is 5.02. The van der Waals surface area contributed by atoms with Gasteiger partial charge in [-0.15, -0.1) is 0 Å². The summed E-state index contributed by atoms with van der Waals surface area (Å²) in [5, 5.41) is 4.14. The van der Waals surface area contributed by atoms with Crippen LogP contribution in [0.1, 0.15) is 40.5 Å². The highest BCUT2D eigenvalue weighted by Gasteiger charge is 2.25. The van der Waals surface area contributed by atoms with Gasteiger partial charge < -0.3 is 5.32 Å². The van der Waals surface area contributed by atoms with Crippen molar-refractivity contribution in [3.05, 3.63) is 0 Å². The van der Waals surface area contributed by atoms with Crippen molar-refractivity contribution in [2.24, 2.45) is 0 Å². The van der Waals surface area contributed by atoms with Gasteiger partial charge in [-0.05, 0) is 18.5 Å². The van der Waals surface area contributed by atoms with Crippen LogP contribution in [-0.2, 0) is 0 Å². The molecule has 0 aliphatic rings. The van der Waals surface area contributed by atoms with Gasteiger partial charge in [-0.25, -0.2) is 0 Å². The summed E-state index contributed by atoms with van der Waals surface area (Å²) in [6.45, 7) is 10.2. The van der Waals surface area contributed by atoms with Crippen molar-refractivity contribution in [1.29, 1.82) is 0 Å². The summed E-state index contributed by atoms with van der Waals surface area (Å²) in [6.07, 6.45) is 2.65. The zero-order valence-corrected chi connectivity index (χ0v) is 10.7. The standard InChI is InChI=1S/C9H23NSi/c1-5-9(11,6-2)8(4)10-7-3/h8,10H,5-7H2,1-4,11H3. The molecule has 0 aliphatic carbocycles. The lowest BCUT2D eigenvalue weighted by Gasteiger charge is -2.34. The van der Waals surface area contributed by atoms with Gasteiger partial charge in [0.15, 0.2) is 0 Å². The van der Waals surface area contributed by atoms with Gasteiger partial charge in [-0.3, -0.25) is 0 Å². The molecule has 1 atom stereocenters. The van der Waals surface area contributed by atoms with E-state index in [1.807, 2.05) is 0 Å². The lowest BCUT2D eigenvalue weighted by Crippen LogP contribution is -2.38. The molecule has 0 aromatic heterocycles. The van der Waals surface area contributed by atoms with E-state index in [1.54, 1.807) is 0 Å². The highest BCUT2D eigenvalue weighted by Crippen LogP contribution is 2.34. The van der Waals surface area contributed by atoms with Crippen LogP contribution in [0.25, 0.3) is 0 Å². The molecule has 0 spiro atoms. The van der Waals surface area contributed by atoms with E-state index in [0.717, 1.165) is 6.54 Å². The topological polar surface area (TPSA) is 12.0 Å². The van der Waals surface area contributed by atoms with Gasteiger partial charge in [0.05, 0.1) is 0 Å². The smallest absolute Gasteiger partial charge is 0.0126 e. The maximum Gasteiger partial charge on any atom is 0.0126 e. The van der Waals surface area contributed by atoms with Crippen molar-refractivity contribution in [2.45, 2.75) is 51.6 Å². The van der Waals surface area contributed by atoms with Gasteiger partial charge in [-0.2, -0.15) is 0 Å². The van der Waals surface area contributed by atoms with Crippen molar-refractivity contribution < 1.29 is 0 Å². The van der Waals surface area contributed by atoms with E-state index in [9.17, 15) is 0 Å². The summed E-state index contributed by atoms with van der Waals surface area (Å²) in [6, 6.07) is 0.703. The predicted molar refractivity (Wildman–Crippen MR) is 56.4 cm³/mol. The molecular formula is C9H23NSi. The van der Waals surface area contributed by atoms with Crippen molar-refractivity contribution in [3.8, 4) is 0 Å². The SMILES string of the molecule is CCNC(C)C([SiH3])(CC)CC. The fraction of sp³-hybridized carbons (Fsp3) is 1.00. The second-order valence-electron chi connectivity index (χ2n) is 3.64. The second kappa shape index (κ2) is 4.94. The summed E-state index contributed by atoms with van der Waals surface area (Å²) in [4.78, 5) is 0. The zero-order valence-electron chi connectivity index (χ0n) is 8.70. The molecule has 0 heterocycles. The summed E-state index contributed by atoms with van der Waals surface area (Å²) in [5.74, 6) is 0. The van der Waals surface area contributed by atoms with Crippen LogP contribution in [-0.4, -0.2) is 22.8 Å². The molecule has 2 heteroatoms. The lowest BCUT2D eigenvalue weighted by molar-refractivity contribution is 0.381. The Morgan fingerprint density at radius 3 is 2.00 bits per heavy atom. The molecule has 1 unspecified atom stereocenters. The molecule has 11 heavy (non-hydrogen) atoms. The van der Waals surface area contributed by atoms with Crippen LogP contribution in [0.2, 0.25) is 5.04 Å². The molecule has 1 N–H and O–H groups in total. The predicted octanol–water partition coefficient (Wildman–Crippen LogP) is 1.33. The van der Waals surface area contributed by atoms with E-state index in [0.29, 0.717) is 11.1 Å². The van der Waals surface area contributed by atoms with E-state index in [4.69, 9.17) is 0 Å². The van der Waals surface area contributed by atoms with Crippen LogP contribution in [0.15, 0.2) is 0 Å². The minimum atomic E-state index is 0.621. The Hall–Kier alpha value is 0.177. The van der Waals surface area contributed by atoms with Crippen LogP contribution in [0.5, 0.6) is 0 Å². The molecule has 0 amide bonds. The molecule has 0 saturated carbocycles. The molecule has 1 nitrogen and oxygen atoms in total. The lowest BCUT2D eigenvalue weighted by atomic mass is 9.94. The fourth-order valence-corrected chi connectivity index (χ4v) is 1.62. The maximum atomic E-state index is 3.52. The summed E-state index contributed by atoms with van der Waals surface area (Å²) in [7, 11) is 1.31. The Balaban J connectivity index is 4.00. The number of hydrogen-bond donors (Lipinski definition) is 1. The molecule has 0 aliphatic heterocycles. The first-order chi connectivity index (χ1) is 5.10. The number of hydrogen-bond acceptors (Lipinski definition) is 1. The zero-order chi connectivity index (χ0) is 8.91. The average molecular weight is 173 g/mol. The quantitative estimate of drug-likeness (QED) is 0.619. The van der Waals surface area contributed by atoms with Crippen molar-refractivity contribution >= 4 is 10.2 Å². The molecule has 0 bridgehead atoms. The second-order valence-corrected chi connectivity index (χ2v) is 5.63. The third-order valence-electron chi connectivity index (χ3n) is 3.17. The first-order valence-electron chi connectivity index (χ1n) is 4.84. The van der Waals surface area contributed by atoms with Crippen LogP contribution >= 0.6 is 0 Å². The molecule has 0 radical (unpaired) electrons. The van der Waals surface area contributed by atoms with Gasteiger partial charge in [0.2, 0.25) is 0 Å². The summed E-state index contributed by atoms with van der Waals surface area (Å²) in [5.41, 5.74) is 0. The molecule has 0 aromatic rings. The van der Waals surface area contributed by atoms with Gasteiger partial charge in [0.1, 0.15) is 0 Å². The van der Waals surface area contributed by atoms with E-state index < -0.39 is 0 Å². The molecule has 0 rings (SSSR count). The first kappa shape index (κ1) is 11.2. The molecular weight excluding hydrogens is 150 g/mol. The van der Waals surface area contributed by atoms with Gasteiger partial charge in [0.25, 0.3) is 0 Å². The van der Waals surface area contributed by atoms with Crippen LogP contribution < -0.4 is 5.32 Å². The van der Waals surface area contributed by atoms with Crippen LogP contribution in [0.4, 0.5) is 0 Å². The van der Waals surface area contributed by atoms with Gasteiger partial charge >= 0.3 is 0 Å². The molecule has 0 saturated heterocycles. The average Bonchev–Trinajstić information content (AvgIpc) is 2.03. The maximum absolute atomic E-state index is 3.52. The van der Waals surface area contributed by atoms with E-state index in [2.05, 4.69) is 33.0 Å². The largest absolute Gasteiger partial charge is 0.314 e. The van der Waals surface area contributed by atoms with Gasteiger partial charge in [-0.1, -0.05) is 33.6 Å². The molecule has 0 aromatic carbocycles. The minimum Gasteiger partial charge on any atom is -0.314 e. The van der Waals surface area contributed by atoms with Gasteiger partial charge in [0, 0.05) is 16.3 Å². The van der Waals surface area contributed by atoms with Crippen molar-refractivity contribution in [1.82, 2.24) is 5.32 Å². The summed E-state index contributed by atoms with van der Waals surface area (Å²) >= 11 is 0. The third kappa shape index (κ3) is 2.95. The normalized spacial score (nSPS) is 15.3. The summed E-state index contributed by atoms with van der Waals surface area (Å²) < 4.78 is 0. The van der Waals surface area contributed by atoms with E-state index in [1.165, 1.54) is 23.1 Å². The number of nitrogens with one attached hydrogen (secondary N) is 1. The third-order valence-corrected chi connectivity index (χ3v) is 5.45. The van der Waals surface area contributed by atoms with Crippen LogP contribution in [0, 0.1) is 0 Å². The van der Waals surface area contributed by atoms with Crippen molar-refractivity contribution in [3.63, 3.8) is 0 Å². The van der Waals surface area contributed by atoms with Crippen molar-refractivity contribution in [2.75, 3.05) is 6.54 Å². The monoisotopic (exact) mass is 173 g/mol.